The molecule has 1 N–H and O–H groups in total. The van der Waals surface area contributed by atoms with Crippen molar-refractivity contribution in [2.45, 2.75) is 6.54 Å². The first-order valence-corrected chi connectivity index (χ1v) is 7.73. The van der Waals surface area contributed by atoms with Crippen molar-refractivity contribution in [2.75, 3.05) is 11.9 Å². The first-order valence-electron chi connectivity index (χ1n) is 6.85. The highest BCUT2D eigenvalue weighted by atomic mass is 32.1. The van der Waals surface area contributed by atoms with E-state index >= 15 is 0 Å². The number of nitro groups is 1. The summed E-state index contributed by atoms with van der Waals surface area (Å²) in [6.45, 7) is 0.188. The molecular weight excluding hydrogens is 330 g/mol. The molecule has 3 aromatic rings. The lowest BCUT2D eigenvalue weighted by Gasteiger charge is -2.18. The van der Waals surface area contributed by atoms with Crippen molar-refractivity contribution in [3.05, 3.63) is 61.5 Å². The molecule has 0 radical (unpaired) electrons. The maximum Gasteiger partial charge on any atom is 0.293 e. The van der Waals surface area contributed by atoms with Crippen molar-refractivity contribution in [2.24, 2.45) is 0 Å². The van der Waals surface area contributed by atoms with Crippen LogP contribution in [0.2, 0.25) is 0 Å². The molecule has 2 aromatic heterocycles. The predicted octanol–water partition coefficient (Wildman–Crippen LogP) is 2.40. The Morgan fingerprint density at radius 1 is 1.46 bits per heavy atom. The molecule has 2 heterocycles. The summed E-state index contributed by atoms with van der Waals surface area (Å²) in [4.78, 5) is 31.3. The molecule has 3 rings (SSSR count). The van der Waals surface area contributed by atoms with Crippen LogP contribution in [0.15, 0.2) is 34.4 Å². The molecule has 0 amide bonds. The molecule has 0 aliphatic heterocycles. The lowest BCUT2D eigenvalue weighted by Crippen LogP contribution is -2.22. The summed E-state index contributed by atoms with van der Waals surface area (Å²) >= 11 is 1.31. The molecule has 0 bridgehead atoms. The van der Waals surface area contributed by atoms with E-state index in [0.29, 0.717) is 21.7 Å². The minimum absolute atomic E-state index is 0.171. The molecule has 0 aliphatic carbocycles. The lowest BCUT2D eigenvalue weighted by molar-refractivity contribution is -0.384. The second-order valence-corrected chi connectivity index (χ2v) is 5.99. The van der Waals surface area contributed by atoms with Gasteiger partial charge in [-0.1, -0.05) is 0 Å². The van der Waals surface area contributed by atoms with Gasteiger partial charge in [-0.05, 0) is 23.6 Å². The van der Waals surface area contributed by atoms with Gasteiger partial charge in [0.15, 0.2) is 0 Å². The van der Waals surface area contributed by atoms with E-state index in [4.69, 9.17) is 5.26 Å². The molecule has 0 saturated heterocycles. The van der Waals surface area contributed by atoms with Crippen LogP contribution in [-0.4, -0.2) is 21.9 Å². The van der Waals surface area contributed by atoms with Crippen LogP contribution in [-0.2, 0) is 6.54 Å². The van der Waals surface area contributed by atoms with Crippen molar-refractivity contribution in [3.8, 4) is 6.07 Å². The normalized spacial score (nSPS) is 10.5. The topological polar surface area (TPSA) is 116 Å². The third-order valence-electron chi connectivity index (χ3n) is 3.46. The van der Waals surface area contributed by atoms with Gasteiger partial charge in [0.2, 0.25) is 0 Å². The predicted molar refractivity (Wildman–Crippen MR) is 90.2 cm³/mol. The second-order valence-electron chi connectivity index (χ2n) is 5.08. The maximum atomic E-state index is 12.0. The first-order chi connectivity index (χ1) is 11.5. The van der Waals surface area contributed by atoms with Crippen LogP contribution in [0, 0.1) is 21.4 Å². The zero-order valence-electron chi connectivity index (χ0n) is 12.5. The smallest absolute Gasteiger partial charge is 0.293 e. The van der Waals surface area contributed by atoms with Crippen LogP contribution < -0.4 is 10.5 Å². The lowest BCUT2D eigenvalue weighted by atomic mass is 10.1. The molecule has 0 unspecified atom stereocenters. The number of aromatic nitrogens is 2. The fourth-order valence-electron chi connectivity index (χ4n) is 2.37. The van der Waals surface area contributed by atoms with Crippen molar-refractivity contribution in [1.29, 1.82) is 5.26 Å². The summed E-state index contributed by atoms with van der Waals surface area (Å²) in [5.41, 5.74) is 0.752. The van der Waals surface area contributed by atoms with E-state index in [1.54, 1.807) is 23.4 Å². The standard InChI is InChI=1S/C15H11N5O3S/c1-19(11-3-2-9(7-16)6-12(11)20(22)23)8-13-17-10-4-5-24-14(10)15(21)18-13/h2-6H,8H2,1H3,(H,17,18,21). The second kappa shape index (κ2) is 6.10. The first kappa shape index (κ1) is 15.6. The third kappa shape index (κ3) is 2.82. The molecule has 1 aromatic carbocycles. The fraction of sp³-hybridized carbons (Fsp3) is 0.133. The van der Waals surface area contributed by atoms with E-state index in [1.165, 1.54) is 29.5 Å². The Balaban J connectivity index is 1.97. The van der Waals surface area contributed by atoms with Gasteiger partial charge in [-0.3, -0.25) is 14.9 Å². The van der Waals surface area contributed by atoms with E-state index in [-0.39, 0.29) is 23.4 Å². The van der Waals surface area contributed by atoms with Gasteiger partial charge in [-0.25, -0.2) is 4.98 Å². The minimum Gasteiger partial charge on any atom is -0.362 e. The summed E-state index contributed by atoms with van der Waals surface area (Å²) in [5, 5.41) is 21.9. The minimum atomic E-state index is -0.537. The van der Waals surface area contributed by atoms with Gasteiger partial charge >= 0.3 is 0 Å². The van der Waals surface area contributed by atoms with Gasteiger partial charge in [-0.15, -0.1) is 11.3 Å². The Kier molecular flexibility index (Phi) is 3.97. The highest BCUT2D eigenvalue weighted by molar-refractivity contribution is 7.17. The van der Waals surface area contributed by atoms with Gasteiger partial charge < -0.3 is 9.88 Å². The summed E-state index contributed by atoms with van der Waals surface area (Å²) in [5.74, 6) is 0.409. The fourth-order valence-corrected chi connectivity index (χ4v) is 3.09. The number of benzene rings is 1. The van der Waals surface area contributed by atoms with Gasteiger partial charge in [-0.2, -0.15) is 5.26 Å². The van der Waals surface area contributed by atoms with Crippen molar-refractivity contribution >= 4 is 32.9 Å². The van der Waals surface area contributed by atoms with Crippen LogP contribution in [0.1, 0.15) is 11.4 Å². The number of hydrogen-bond acceptors (Lipinski definition) is 7. The molecule has 0 aliphatic rings. The molecular formula is C15H11N5O3S. The number of anilines is 1. The number of H-pyrrole nitrogens is 1. The van der Waals surface area contributed by atoms with E-state index in [2.05, 4.69) is 9.97 Å². The Morgan fingerprint density at radius 2 is 2.25 bits per heavy atom. The third-order valence-corrected chi connectivity index (χ3v) is 4.37. The molecule has 24 heavy (non-hydrogen) atoms. The molecule has 0 spiro atoms. The molecule has 0 fully saturated rings. The van der Waals surface area contributed by atoms with Crippen LogP contribution in [0.25, 0.3) is 10.2 Å². The van der Waals surface area contributed by atoms with Crippen molar-refractivity contribution < 1.29 is 4.92 Å². The highest BCUT2D eigenvalue weighted by Crippen LogP contribution is 2.29. The largest absolute Gasteiger partial charge is 0.362 e. The molecule has 0 saturated carbocycles. The average Bonchev–Trinajstić information content (AvgIpc) is 3.03. The molecule has 120 valence electrons. The van der Waals surface area contributed by atoms with Crippen molar-refractivity contribution in [3.63, 3.8) is 0 Å². The van der Waals surface area contributed by atoms with Crippen LogP contribution in [0.4, 0.5) is 11.4 Å². The van der Waals surface area contributed by atoms with Gasteiger partial charge in [0.05, 0.1) is 28.6 Å². The summed E-state index contributed by atoms with van der Waals surface area (Å²) < 4.78 is 0.547. The van der Waals surface area contributed by atoms with Crippen molar-refractivity contribution in [1.82, 2.24) is 9.97 Å². The maximum absolute atomic E-state index is 12.0. The van der Waals surface area contributed by atoms with Gasteiger partial charge in [0.25, 0.3) is 11.2 Å². The molecule has 0 atom stereocenters. The van der Waals surface area contributed by atoms with Gasteiger partial charge in [0.1, 0.15) is 16.2 Å². The Hall–Kier alpha value is -3.25. The Morgan fingerprint density at radius 3 is 2.96 bits per heavy atom. The number of hydrogen-bond donors (Lipinski definition) is 1. The summed E-state index contributed by atoms with van der Waals surface area (Å²) in [7, 11) is 1.66. The van der Waals surface area contributed by atoms with E-state index in [9.17, 15) is 14.9 Å². The number of nitro benzene ring substituents is 1. The van der Waals surface area contributed by atoms with Crippen LogP contribution >= 0.6 is 11.3 Å². The number of thiophene rings is 1. The Labute approximate surface area is 139 Å². The number of fused-ring (bicyclic) bond motifs is 1. The monoisotopic (exact) mass is 341 g/mol. The average molecular weight is 341 g/mol. The van der Waals surface area contributed by atoms with E-state index in [1.807, 2.05) is 6.07 Å². The van der Waals surface area contributed by atoms with E-state index < -0.39 is 4.92 Å². The van der Waals surface area contributed by atoms with E-state index in [0.717, 1.165) is 0 Å². The number of nitriles is 1. The quantitative estimate of drug-likeness (QED) is 0.575. The molecule has 8 nitrogen and oxygen atoms in total. The number of aromatic amines is 1. The zero-order valence-corrected chi connectivity index (χ0v) is 13.3. The number of rotatable bonds is 4. The summed E-state index contributed by atoms with van der Waals surface area (Å²) in [6, 6.07) is 7.88. The summed E-state index contributed by atoms with van der Waals surface area (Å²) in [6.07, 6.45) is 0. The Bertz CT molecular complexity index is 1030. The highest BCUT2D eigenvalue weighted by Gasteiger charge is 2.19. The number of nitrogens with one attached hydrogen (secondary N) is 1. The van der Waals surface area contributed by atoms with Crippen LogP contribution in [0.3, 0.4) is 0 Å². The zero-order chi connectivity index (χ0) is 17.3. The van der Waals surface area contributed by atoms with Crippen LogP contribution in [0.5, 0.6) is 0 Å². The van der Waals surface area contributed by atoms with Gasteiger partial charge in [0, 0.05) is 13.1 Å². The number of nitrogens with zero attached hydrogens (tertiary/aromatic N) is 4. The SMILES string of the molecule is CN(Cc1nc2ccsc2c(=O)[nH]1)c1ccc(C#N)cc1[N+](=O)[O-]. The molecule has 9 heteroatoms.